The van der Waals surface area contributed by atoms with E-state index in [0.29, 0.717) is 0 Å². The van der Waals surface area contributed by atoms with Crippen molar-refractivity contribution in [3.63, 3.8) is 0 Å². The quantitative estimate of drug-likeness (QED) is 0.179. The lowest BCUT2D eigenvalue weighted by Gasteiger charge is -2.16. The van der Waals surface area contributed by atoms with Crippen LogP contribution in [0.15, 0.2) is 182 Å². The summed E-state index contributed by atoms with van der Waals surface area (Å²) in [5.41, 5.74) is 10.8. The molecule has 10 aromatic rings. The maximum atomic E-state index is 4.40. The Bertz CT molecular complexity index is 2810. The van der Waals surface area contributed by atoms with E-state index in [2.05, 4.69) is 179 Å². The summed E-state index contributed by atoms with van der Waals surface area (Å²) in [7, 11) is 0. The first-order chi connectivity index (χ1) is 24.3. The molecule has 0 bridgehead atoms. The Morgan fingerprint density at radius 2 is 0.959 bits per heavy atom. The SMILES string of the molecule is c1ccc2cc(-c3c(-c4ccc(-c5ccc(-n6c7ccccc7c7cnccc76)cc5)cc4)ccc4cc5ccccc5cc34)ccc2c1. The molecule has 2 heteroatoms. The van der Waals surface area contributed by atoms with Crippen molar-refractivity contribution < 1.29 is 0 Å². The number of nitrogens with zero attached hydrogens (tertiary/aromatic N) is 2. The minimum atomic E-state index is 1.14. The van der Waals surface area contributed by atoms with Gasteiger partial charge in [-0.2, -0.15) is 0 Å². The van der Waals surface area contributed by atoms with Gasteiger partial charge in [-0.3, -0.25) is 4.98 Å². The standard InChI is InChI=1S/C47H30N2/c1-2-8-35-28-39(18-15-31(35)7-1)47-41(24-21-38-27-36-9-3-4-10-37(36)29-43(38)47)34-16-13-32(14-17-34)33-19-22-40(23-20-33)49-45-12-6-5-11-42(45)44-30-48-26-25-46(44)49/h1-30H. The normalized spacial score (nSPS) is 11.7. The van der Waals surface area contributed by atoms with Crippen LogP contribution < -0.4 is 0 Å². The highest BCUT2D eigenvalue weighted by Crippen LogP contribution is 2.41. The number of hydrogen-bond acceptors (Lipinski definition) is 1. The van der Waals surface area contributed by atoms with Gasteiger partial charge < -0.3 is 4.57 Å². The van der Waals surface area contributed by atoms with Gasteiger partial charge in [-0.05, 0) is 108 Å². The van der Waals surface area contributed by atoms with Crippen LogP contribution >= 0.6 is 0 Å². The monoisotopic (exact) mass is 622 g/mol. The van der Waals surface area contributed by atoms with E-state index in [1.54, 1.807) is 0 Å². The summed E-state index contributed by atoms with van der Waals surface area (Å²) in [6.07, 6.45) is 3.84. The van der Waals surface area contributed by atoms with Gasteiger partial charge in [-0.1, -0.05) is 127 Å². The van der Waals surface area contributed by atoms with Gasteiger partial charge in [0.15, 0.2) is 0 Å². The molecule has 49 heavy (non-hydrogen) atoms. The Morgan fingerprint density at radius 3 is 1.76 bits per heavy atom. The minimum absolute atomic E-state index is 1.14. The van der Waals surface area contributed by atoms with E-state index in [9.17, 15) is 0 Å². The average Bonchev–Trinajstić information content (AvgIpc) is 3.51. The Hall–Kier alpha value is -6.51. The molecule has 10 rings (SSSR count). The van der Waals surface area contributed by atoms with Crippen molar-refractivity contribution in [3.05, 3.63) is 182 Å². The fourth-order valence-electron chi connectivity index (χ4n) is 7.65. The van der Waals surface area contributed by atoms with Crippen LogP contribution in [0.3, 0.4) is 0 Å². The zero-order valence-corrected chi connectivity index (χ0v) is 26.7. The lowest BCUT2D eigenvalue weighted by Crippen LogP contribution is -1.93. The maximum absolute atomic E-state index is 4.40. The van der Waals surface area contributed by atoms with E-state index in [4.69, 9.17) is 0 Å². The van der Waals surface area contributed by atoms with Crippen molar-refractivity contribution in [2.24, 2.45) is 0 Å². The number of benzene rings is 8. The molecule has 0 saturated heterocycles. The number of rotatable bonds is 4. The van der Waals surface area contributed by atoms with E-state index in [-0.39, 0.29) is 0 Å². The van der Waals surface area contributed by atoms with Gasteiger partial charge in [-0.15, -0.1) is 0 Å². The summed E-state index contributed by atoms with van der Waals surface area (Å²) >= 11 is 0. The molecule has 8 aromatic carbocycles. The molecule has 0 unspecified atom stereocenters. The summed E-state index contributed by atoms with van der Waals surface area (Å²) in [5.74, 6) is 0. The summed E-state index contributed by atoms with van der Waals surface area (Å²) in [6.45, 7) is 0. The Labute approximate surface area is 284 Å². The number of fused-ring (bicyclic) bond motifs is 6. The van der Waals surface area contributed by atoms with Crippen LogP contribution in [0.25, 0.3) is 93.2 Å². The molecule has 0 spiro atoms. The minimum Gasteiger partial charge on any atom is -0.309 e. The van der Waals surface area contributed by atoms with E-state index in [0.717, 1.165) is 5.69 Å². The molecule has 0 aliphatic heterocycles. The van der Waals surface area contributed by atoms with Crippen molar-refractivity contribution in [2.45, 2.75) is 0 Å². The lowest BCUT2D eigenvalue weighted by atomic mass is 9.87. The van der Waals surface area contributed by atoms with Crippen LogP contribution in [0.5, 0.6) is 0 Å². The molecular weight excluding hydrogens is 593 g/mol. The molecule has 228 valence electrons. The lowest BCUT2D eigenvalue weighted by molar-refractivity contribution is 1.17. The van der Waals surface area contributed by atoms with Crippen LogP contribution in [-0.4, -0.2) is 9.55 Å². The first kappa shape index (κ1) is 27.6. The Kier molecular flexibility index (Phi) is 6.22. The van der Waals surface area contributed by atoms with Crippen LogP contribution in [0.1, 0.15) is 0 Å². The number of para-hydroxylation sites is 1. The topological polar surface area (TPSA) is 17.8 Å². The molecular formula is C47H30N2. The van der Waals surface area contributed by atoms with E-state index < -0.39 is 0 Å². The van der Waals surface area contributed by atoms with Crippen molar-refractivity contribution in [3.8, 4) is 39.1 Å². The summed E-state index contributed by atoms with van der Waals surface area (Å²) in [6, 6.07) is 62.0. The molecule has 0 saturated carbocycles. The van der Waals surface area contributed by atoms with Gasteiger partial charge in [0.05, 0.1) is 11.0 Å². The molecule has 2 heterocycles. The molecule has 2 aromatic heterocycles. The first-order valence-corrected chi connectivity index (χ1v) is 16.8. The van der Waals surface area contributed by atoms with Crippen molar-refractivity contribution in [1.29, 1.82) is 0 Å². The first-order valence-electron chi connectivity index (χ1n) is 16.8. The van der Waals surface area contributed by atoms with Crippen LogP contribution in [-0.2, 0) is 0 Å². The zero-order valence-electron chi connectivity index (χ0n) is 26.7. The molecule has 0 fully saturated rings. The molecule has 0 aliphatic rings. The highest BCUT2D eigenvalue weighted by molar-refractivity contribution is 6.11. The van der Waals surface area contributed by atoms with Gasteiger partial charge in [0.25, 0.3) is 0 Å². The van der Waals surface area contributed by atoms with Gasteiger partial charge in [-0.25, -0.2) is 0 Å². The number of aromatic nitrogens is 2. The van der Waals surface area contributed by atoms with Crippen LogP contribution in [0.4, 0.5) is 0 Å². The Morgan fingerprint density at radius 1 is 0.367 bits per heavy atom. The second-order valence-electron chi connectivity index (χ2n) is 12.8. The molecule has 0 radical (unpaired) electrons. The molecule has 0 N–H and O–H groups in total. The van der Waals surface area contributed by atoms with Gasteiger partial charge in [0.2, 0.25) is 0 Å². The van der Waals surface area contributed by atoms with E-state index >= 15 is 0 Å². The number of pyridine rings is 1. The zero-order chi connectivity index (χ0) is 32.3. The smallest absolute Gasteiger partial charge is 0.0571 e. The summed E-state index contributed by atoms with van der Waals surface area (Å²) in [5, 5.41) is 9.93. The third-order valence-electron chi connectivity index (χ3n) is 10.1. The Balaban J connectivity index is 1.07. The highest BCUT2D eigenvalue weighted by atomic mass is 15.0. The van der Waals surface area contributed by atoms with Crippen molar-refractivity contribution in [2.75, 3.05) is 0 Å². The second-order valence-corrected chi connectivity index (χ2v) is 12.8. The van der Waals surface area contributed by atoms with Gasteiger partial charge >= 0.3 is 0 Å². The largest absolute Gasteiger partial charge is 0.309 e. The predicted molar refractivity (Wildman–Crippen MR) is 207 cm³/mol. The fourth-order valence-corrected chi connectivity index (χ4v) is 7.65. The molecule has 0 atom stereocenters. The fraction of sp³-hybridized carbons (Fsp3) is 0. The van der Waals surface area contributed by atoms with Crippen molar-refractivity contribution >= 4 is 54.1 Å². The third-order valence-corrected chi connectivity index (χ3v) is 10.1. The molecule has 2 nitrogen and oxygen atoms in total. The van der Waals surface area contributed by atoms with Crippen LogP contribution in [0.2, 0.25) is 0 Å². The average molecular weight is 623 g/mol. The maximum Gasteiger partial charge on any atom is 0.0571 e. The van der Waals surface area contributed by atoms with E-state index in [1.165, 1.54) is 87.5 Å². The van der Waals surface area contributed by atoms with E-state index in [1.807, 2.05) is 12.4 Å². The van der Waals surface area contributed by atoms with Gasteiger partial charge in [0.1, 0.15) is 0 Å². The second kappa shape index (κ2) is 11.0. The highest BCUT2D eigenvalue weighted by Gasteiger charge is 2.15. The molecule has 0 aliphatic carbocycles. The van der Waals surface area contributed by atoms with Crippen LogP contribution in [0, 0.1) is 0 Å². The predicted octanol–water partition coefficient (Wildman–Crippen LogP) is 12.6. The van der Waals surface area contributed by atoms with Gasteiger partial charge in [0, 0.05) is 28.9 Å². The number of hydrogen-bond donors (Lipinski definition) is 0. The summed E-state index contributed by atoms with van der Waals surface area (Å²) in [4.78, 5) is 4.40. The third kappa shape index (κ3) is 4.53. The molecule has 0 amide bonds. The van der Waals surface area contributed by atoms with Crippen molar-refractivity contribution in [1.82, 2.24) is 9.55 Å². The summed E-state index contributed by atoms with van der Waals surface area (Å²) < 4.78 is 2.33.